The highest BCUT2D eigenvalue weighted by molar-refractivity contribution is 7.88. The molecule has 4 heterocycles. The van der Waals surface area contributed by atoms with Gasteiger partial charge >= 0.3 is 0 Å². The highest BCUT2D eigenvalue weighted by atomic mass is 32.2. The van der Waals surface area contributed by atoms with E-state index in [2.05, 4.69) is 22.5 Å². The van der Waals surface area contributed by atoms with Crippen molar-refractivity contribution in [2.24, 2.45) is 0 Å². The topological polar surface area (TPSA) is 120 Å². The third-order valence-electron chi connectivity index (χ3n) is 7.85. The Morgan fingerprint density at radius 1 is 1.17 bits per heavy atom. The Hall–Kier alpha value is -3.80. The third kappa shape index (κ3) is 5.20. The number of benzene rings is 2. The summed E-state index contributed by atoms with van der Waals surface area (Å²) in [6, 6.07) is 13.9. The molecule has 9 nitrogen and oxygen atoms in total. The van der Waals surface area contributed by atoms with Crippen LogP contribution in [0, 0.1) is 0 Å². The molecule has 1 atom stereocenters. The maximum absolute atomic E-state index is 12.8. The van der Waals surface area contributed by atoms with Crippen LogP contribution in [0.2, 0.25) is 0 Å². The molecule has 2 aromatic carbocycles. The molecule has 2 aliphatic heterocycles. The summed E-state index contributed by atoms with van der Waals surface area (Å²) >= 11 is 1.48. The van der Waals surface area contributed by atoms with Crippen molar-refractivity contribution in [3.05, 3.63) is 65.6 Å². The van der Waals surface area contributed by atoms with E-state index in [1.165, 1.54) is 28.0 Å². The molecule has 2 aromatic heterocycles. The van der Waals surface area contributed by atoms with E-state index >= 15 is 0 Å². The zero-order valence-corrected chi connectivity index (χ0v) is 24.5. The molecule has 1 unspecified atom stereocenters. The Bertz CT molecular complexity index is 1820. The maximum Gasteiger partial charge on any atom is 0.263 e. The van der Waals surface area contributed by atoms with Crippen LogP contribution >= 0.6 is 11.3 Å². The number of nitrogens with zero attached hydrogens (tertiary/aromatic N) is 2. The highest BCUT2D eigenvalue weighted by Gasteiger charge is 2.28. The van der Waals surface area contributed by atoms with E-state index in [4.69, 9.17) is 4.98 Å². The summed E-state index contributed by atoms with van der Waals surface area (Å²) in [6.07, 6.45) is 3.81. The van der Waals surface area contributed by atoms with Gasteiger partial charge in [0, 0.05) is 52.4 Å². The number of rotatable bonds is 5. The Balaban J connectivity index is 1.37. The molecule has 41 heavy (non-hydrogen) atoms. The molecule has 0 bridgehead atoms. The molecule has 2 aliphatic rings. The number of nitrogens with one attached hydrogen (secondary N) is 3. The second-order valence-corrected chi connectivity index (χ2v) is 13.7. The van der Waals surface area contributed by atoms with Gasteiger partial charge in [-0.15, -0.1) is 11.3 Å². The van der Waals surface area contributed by atoms with E-state index in [0.717, 1.165) is 43.5 Å². The minimum absolute atomic E-state index is 0.0304. The molecule has 6 rings (SSSR count). The minimum atomic E-state index is -3.23. The SMILES string of the molecule is C=CC(=O)Nc1cc(-c2ccc3c(ccc4sc5c(c43)NCC(C)NC5=O)n2)ccc1C1CCN(S(C)(=O)=O)CC1. The fourth-order valence-corrected chi connectivity index (χ4v) is 7.72. The van der Waals surface area contributed by atoms with E-state index in [-0.39, 0.29) is 23.8 Å². The van der Waals surface area contributed by atoms with Gasteiger partial charge in [0.2, 0.25) is 15.9 Å². The zero-order chi connectivity index (χ0) is 28.9. The molecule has 1 fully saturated rings. The van der Waals surface area contributed by atoms with Crippen molar-refractivity contribution < 1.29 is 18.0 Å². The summed E-state index contributed by atoms with van der Waals surface area (Å²) in [6.45, 7) is 7.10. The lowest BCUT2D eigenvalue weighted by Gasteiger charge is -2.31. The quantitative estimate of drug-likeness (QED) is 0.284. The number of thiophene rings is 1. The summed E-state index contributed by atoms with van der Waals surface area (Å²) in [5, 5.41) is 11.4. The Kier molecular flexibility index (Phi) is 7.04. The van der Waals surface area contributed by atoms with Crippen LogP contribution in [-0.2, 0) is 14.8 Å². The summed E-state index contributed by atoms with van der Waals surface area (Å²) in [4.78, 5) is 30.8. The molecule has 0 spiro atoms. The average Bonchev–Trinajstić information content (AvgIpc) is 3.28. The van der Waals surface area contributed by atoms with E-state index in [0.29, 0.717) is 43.0 Å². The number of carbonyl (C=O) groups is 2. The third-order valence-corrected chi connectivity index (χ3v) is 10.3. The van der Waals surface area contributed by atoms with Crippen LogP contribution in [0.15, 0.2) is 55.1 Å². The van der Waals surface area contributed by atoms with Crippen LogP contribution in [0.4, 0.5) is 11.4 Å². The number of anilines is 2. The fraction of sp³-hybridized carbons (Fsp3) is 0.300. The van der Waals surface area contributed by atoms with Crippen molar-refractivity contribution in [3.63, 3.8) is 0 Å². The lowest BCUT2D eigenvalue weighted by molar-refractivity contribution is -0.111. The Morgan fingerprint density at radius 2 is 1.95 bits per heavy atom. The molecule has 0 aliphatic carbocycles. The summed E-state index contributed by atoms with van der Waals surface area (Å²) in [5.74, 6) is -0.260. The van der Waals surface area contributed by atoms with Crippen molar-refractivity contribution >= 4 is 65.5 Å². The van der Waals surface area contributed by atoms with Gasteiger partial charge in [-0.1, -0.05) is 18.7 Å². The van der Waals surface area contributed by atoms with Crippen LogP contribution in [0.3, 0.4) is 0 Å². The number of amides is 2. The standard InChI is InChI=1S/C30H31N5O4S2/c1-4-26(36)34-24-15-19(5-6-20(24)18-11-13-35(14-12-18)41(3,38)39)22-8-7-21-23(33-22)9-10-25-27(21)28-29(40-25)30(37)32-17(2)16-31-28/h4-10,15,17-18,31H,1,11-14,16H2,2-3H3,(H,32,37)(H,34,36). The number of aromatic nitrogens is 1. The zero-order valence-electron chi connectivity index (χ0n) is 22.9. The monoisotopic (exact) mass is 589 g/mol. The van der Waals surface area contributed by atoms with Gasteiger partial charge in [0.25, 0.3) is 5.91 Å². The van der Waals surface area contributed by atoms with Crippen molar-refractivity contribution in [2.75, 3.05) is 36.5 Å². The number of fused-ring (bicyclic) bond motifs is 5. The van der Waals surface area contributed by atoms with Gasteiger partial charge in [-0.2, -0.15) is 0 Å². The van der Waals surface area contributed by atoms with Gasteiger partial charge in [0.05, 0.1) is 23.2 Å². The van der Waals surface area contributed by atoms with Crippen LogP contribution in [0.25, 0.3) is 32.2 Å². The summed E-state index contributed by atoms with van der Waals surface area (Å²) < 4.78 is 26.5. The van der Waals surface area contributed by atoms with Crippen molar-refractivity contribution in [1.82, 2.24) is 14.6 Å². The van der Waals surface area contributed by atoms with Gasteiger partial charge < -0.3 is 16.0 Å². The predicted molar refractivity (Wildman–Crippen MR) is 165 cm³/mol. The lowest BCUT2D eigenvalue weighted by Crippen LogP contribution is -2.37. The number of carbonyl (C=O) groups excluding carboxylic acids is 2. The predicted octanol–water partition coefficient (Wildman–Crippen LogP) is 4.92. The lowest BCUT2D eigenvalue weighted by atomic mass is 9.88. The number of sulfonamides is 1. The van der Waals surface area contributed by atoms with Crippen LogP contribution in [-0.4, -0.2) is 61.5 Å². The highest BCUT2D eigenvalue weighted by Crippen LogP contribution is 2.42. The maximum atomic E-state index is 12.8. The molecule has 212 valence electrons. The molecule has 0 saturated carbocycles. The second kappa shape index (κ2) is 10.6. The molecule has 2 amide bonds. The van der Waals surface area contributed by atoms with Crippen LogP contribution in [0.5, 0.6) is 0 Å². The van der Waals surface area contributed by atoms with Gasteiger partial charge in [-0.25, -0.2) is 17.7 Å². The van der Waals surface area contributed by atoms with E-state index < -0.39 is 10.0 Å². The van der Waals surface area contributed by atoms with Crippen molar-refractivity contribution in [3.8, 4) is 11.3 Å². The second-order valence-electron chi connectivity index (χ2n) is 10.7. The number of piperidine rings is 1. The minimum Gasteiger partial charge on any atom is -0.381 e. The van der Waals surface area contributed by atoms with Crippen LogP contribution in [0.1, 0.15) is 40.9 Å². The number of hydrogen-bond acceptors (Lipinski definition) is 7. The first-order chi connectivity index (χ1) is 19.6. The average molecular weight is 590 g/mol. The molecular formula is C30H31N5O4S2. The fourth-order valence-electron chi connectivity index (χ4n) is 5.75. The Morgan fingerprint density at radius 3 is 2.68 bits per heavy atom. The van der Waals surface area contributed by atoms with E-state index in [1.807, 2.05) is 49.4 Å². The molecular weight excluding hydrogens is 558 g/mol. The number of hydrogen-bond donors (Lipinski definition) is 3. The Labute approximate surface area is 242 Å². The first-order valence-corrected chi connectivity index (χ1v) is 16.2. The molecule has 4 aromatic rings. The smallest absolute Gasteiger partial charge is 0.263 e. The van der Waals surface area contributed by atoms with Crippen LogP contribution < -0.4 is 16.0 Å². The van der Waals surface area contributed by atoms with Crippen molar-refractivity contribution in [1.29, 1.82) is 0 Å². The first kappa shape index (κ1) is 27.4. The van der Waals surface area contributed by atoms with Gasteiger partial charge in [0.1, 0.15) is 4.88 Å². The van der Waals surface area contributed by atoms with E-state index in [1.54, 1.807) is 0 Å². The largest absolute Gasteiger partial charge is 0.381 e. The number of pyridine rings is 1. The molecule has 0 radical (unpaired) electrons. The van der Waals surface area contributed by atoms with Crippen molar-refractivity contribution in [2.45, 2.75) is 31.7 Å². The van der Waals surface area contributed by atoms with Gasteiger partial charge in [-0.3, -0.25) is 9.59 Å². The van der Waals surface area contributed by atoms with Gasteiger partial charge in [-0.05, 0) is 67.7 Å². The van der Waals surface area contributed by atoms with Gasteiger partial charge in [0.15, 0.2) is 0 Å². The normalized spacial score (nSPS) is 18.4. The molecule has 11 heteroatoms. The molecule has 1 saturated heterocycles. The summed E-state index contributed by atoms with van der Waals surface area (Å²) in [5.41, 5.74) is 4.91. The first-order valence-electron chi connectivity index (χ1n) is 13.6. The van der Waals surface area contributed by atoms with E-state index in [9.17, 15) is 18.0 Å². The molecule has 3 N–H and O–H groups in total. The summed E-state index contributed by atoms with van der Waals surface area (Å²) in [7, 11) is -3.23.